The highest BCUT2D eigenvalue weighted by Crippen LogP contribution is 2.51. The van der Waals surface area contributed by atoms with Crippen LogP contribution in [0.5, 0.6) is 5.75 Å². The molecule has 0 fully saturated rings. The third-order valence-corrected chi connectivity index (χ3v) is 5.72. The molecule has 3 aromatic carbocycles. The van der Waals surface area contributed by atoms with Gasteiger partial charge < -0.3 is 9.32 Å². The van der Waals surface area contributed by atoms with Gasteiger partial charge in [0.1, 0.15) is 12.0 Å². The van der Waals surface area contributed by atoms with Crippen LogP contribution in [0.25, 0.3) is 0 Å². The molecule has 1 atom stereocenters. The minimum Gasteiger partial charge on any atom is -0.404 e. The van der Waals surface area contributed by atoms with Crippen LogP contribution in [0.15, 0.2) is 84.9 Å². The molecule has 0 amide bonds. The third-order valence-electron chi connectivity index (χ3n) is 4.39. The van der Waals surface area contributed by atoms with Gasteiger partial charge in [-0.05, 0) is 35.2 Å². The number of hydrogen-bond donors (Lipinski definition) is 0. The summed E-state index contributed by atoms with van der Waals surface area (Å²) in [7, 11) is -3.88. The first-order valence-electron chi connectivity index (χ1n) is 9.77. The molecule has 156 valence electrons. The number of rotatable bonds is 11. The molecule has 3 rings (SSSR count). The molecular formula is C24H25O5P. The van der Waals surface area contributed by atoms with E-state index in [0.29, 0.717) is 12.2 Å². The summed E-state index contributed by atoms with van der Waals surface area (Å²) in [6, 6.07) is 25.9. The van der Waals surface area contributed by atoms with E-state index in [1.54, 1.807) is 12.1 Å². The topological polar surface area (TPSA) is 61.8 Å². The van der Waals surface area contributed by atoms with E-state index in [1.165, 1.54) is 0 Å². The lowest BCUT2D eigenvalue weighted by molar-refractivity contribution is -0.110. The van der Waals surface area contributed by atoms with Crippen LogP contribution in [-0.2, 0) is 38.0 Å². The Balaban J connectivity index is 1.70. The van der Waals surface area contributed by atoms with Crippen LogP contribution >= 0.6 is 7.82 Å². The molecule has 0 bridgehead atoms. The number of hydrogen-bond acceptors (Lipinski definition) is 5. The smallest absolute Gasteiger partial charge is 0.404 e. The van der Waals surface area contributed by atoms with E-state index in [0.717, 1.165) is 23.0 Å². The van der Waals surface area contributed by atoms with Crippen molar-refractivity contribution >= 4 is 14.1 Å². The lowest BCUT2D eigenvalue weighted by atomic mass is 10.0. The summed E-state index contributed by atoms with van der Waals surface area (Å²) in [5.74, 6) is 0.313. The zero-order chi connectivity index (χ0) is 21.2. The van der Waals surface area contributed by atoms with Gasteiger partial charge >= 0.3 is 7.82 Å². The minimum absolute atomic E-state index is 0.0636. The second-order valence-corrected chi connectivity index (χ2v) is 8.61. The fourth-order valence-corrected chi connectivity index (χ4v) is 3.96. The number of aldehydes is 1. The second kappa shape index (κ2) is 10.9. The summed E-state index contributed by atoms with van der Waals surface area (Å²) in [4.78, 5) is 10.8. The van der Waals surface area contributed by atoms with E-state index in [1.807, 2.05) is 79.7 Å². The van der Waals surface area contributed by atoms with Crippen molar-refractivity contribution in [1.82, 2.24) is 0 Å². The number of benzene rings is 3. The van der Waals surface area contributed by atoms with Crippen molar-refractivity contribution in [1.29, 1.82) is 0 Å². The second-order valence-electron chi connectivity index (χ2n) is 7.02. The lowest BCUT2D eigenvalue weighted by Gasteiger charge is -2.19. The van der Waals surface area contributed by atoms with Gasteiger partial charge in [-0.1, -0.05) is 79.7 Å². The Labute approximate surface area is 177 Å². The third kappa shape index (κ3) is 6.96. The fraction of sp³-hybridized carbons (Fsp3) is 0.208. The first-order valence-corrected chi connectivity index (χ1v) is 11.2. The van der Waals surface area contributed by atoms with Crippen molar-refractivity contribution in [2.45, 2.75) is 26.6 Å². The normalized spacial score (nSPS) is 12.3. The van der Waals surface area contributed by atoms with Crippen molar-refractivity contribution in [3.63, 3.8) is 0 Å². The molecule has 0 saturated heterocycles. The van der Waals surface area contributed by atoms with E-state index >= 15 is 0 Å². The van der Waals surface area contributed by atoms with Gasteiger partial charge in [-0.15, -0.1) is 0 Å². The number of carbonyl (C=O) groups excluding carboxylic acids is 1. The highest BCUT2D eigenvalue weighted by Gasteiger charge is 2.29. The first-order chi connectivity index (χ1) is 14.6. The van der Waals surface area contributed by atoms with Gasteiger partial charge in [0, 0.05) is 5.92 Å². The Morgan fingerprint density at radius 2 is 1.27 bits per heavy atom. The van der Waals surface area contributed by atoms with Crippen LogP contribution in [0.1, 0.15) is 23.6 Å². The standard InChI is InChI=1S/C24H25O5P/c1-20(17-25)16-21-12-14-24(15-13-21)29-30(26,27-18-22-8-4-2-5-9-22)28-19-23-10-6-3-7-11-23/h2-15,17,20H,16,18-19H2,1H3. The van der Waals surface area contributed by atoms with Crippen LogP contribution in [-0.4, -0.2) is 6.29 Å². The van der Waals surface area contributed by atoms with Gasteiger partial charge in [-0.25, -0.2) is 4.57 Å². The number of carbonyl (C=O) groups is 1. The molecule has 0 heterocycles. The molecule has 0 spiro atoms. The van der Waals surface area contributed by atoms with Crippen molar-refractivity contribution in [2.75, 3.05) is 0 Å². The number of phosphoric acid groups is 1. The molecular weight excluding hydrogens is 399 g/mol. The zero-order valence-corrected chi connectivity index (χ0v) is 17.7. The van der Waals surface area contributed by atoms with Crippen molar-refractivity contribution in [3.05, 3.63) is 102 Å². The molecule has 3 aromatic rings. The predicted octanol–water partition coefficient (Wildman–Crippen LogP) is 5.98. The average molecular weight is 424 g/mol. The van der Waals surface area contributed by atoms with Gasteiger partial charge in [-0.2, -0.15) is 0 Å². The van der Waals surface area contributed by atoms with Gasteiger partial charge in [0.15, 0.2) is 0 Å². The van der Waals surface area contributed by atoms with Gasteiger partial charge in [0.05, 0.1) is 13.2 Å². The molecule has 0 aliphatic rings. The summed E-state index contributed by atoms with van der Waals surface area (Å²) in [5, 5.41) is 0. The van der Waals surface area contributed by atoms with Crippen molar-refractivity contribution in [2.24, 2.45) is 5.92 Å². The minimum atomic E-state index is -3.88. The summed E-state index contributed by atoms with van der Waals surface area (Å²) in [6.07, 6.45) is 1.56. The quantitative estimate of drug-likeness (QED) is 0.280. The summed E-state index contributed by atoms with van der Waals surface area (Å²) >= 11 is 0. The Kier molecular flexibility index (Phi) is 7.97. The highest BCUT2D eigenvalue weighted by molar-refractivity contribution is 7.48. The van der Waals surface area contributed by atoms with Crippen molar-refractivity contribution in [3.8, 4) is 5.75 Å². The van der Waals surface area contributed by atoms with E-state index < -0.39 is 7.82 Å². The van der Waals surface area contributed by atoms with E-state index in [4.69, 9.17) is 13.6 Å². The zero-order valence-electron chi connectivity index (χ0n) is 16.8. The average Bonchev–Trinajstić information content (AvgIpc) is 2.79. The molecule has 30 heavy (non-hydrogen) atoms. The van der Waals surface area contributed by atoms with Crippen LogP contribution < -0.4 is 4.52 Å². The molecule has 1 unspecified atom stereocenters. The Morgan fingerprint density at radius 3 is 1.73 bits per heavy atom. The number of phosphoric ester groups is 1. The fourth-order valence-electron chi connectivity index (χ4n) is 2.78. The van der Waals surface area contributed by atoms with E-state index in [9.17, 15) is 9.36 Å². The summed E-state index contributed by atoms with van der Waals surface area (Å²) in [6.45, 7) is 2.06. The van der Waals surface area contributed by atoms with Crippen molar-refractivity contribution < 1.29 is 22.9 Å². The molecule has 0 aliphatic carbocycles. The molecule has 0 radical (unpaired) electrons. The Bertz CT molecular complexity index is 910. The largest absolute Gasteiger partial charge is 0.530 e. The van der Waals surface area contributed by atoms with Crippen LogP contribution in [0.2, 0.25) is 0 Å². The van der Waals surface area contributed by atoms with Gasteiger partial charge in [0.25, 0.3) is 0 Å². The molecule has 0 aliphatic heterocycles. The SMILES string of the molecule is CC(C=O)Cc1ccc(OP(=O)(OCc2ccccc2)OCc2ccccc2)cc1. The molecule has 0 aromatic heterocycles. The summed E-state index contributed by atoms with van der Waals surface area (Å²) < 4.78 is 30.2. The first kappa shape index (κ1) is 22.0. The van der Waals surface area contributed by atoms with Crippen LogP contribution in [0.4, 0.5) is 0 Å². The maximum absolute atomic E-state index is 13.3. The van der Waals surface area contributed by atoms with E-state index in [2.05, 4.69) is 0 Å². The van der Waals surface area contributed by atoms with Gasteiger partial charge in [-0.3, -0.25) is 9.05 Å². The maximum Gasteiger partial charge on any atom is 0.530 e. The van der Waals surface area contributed by atoms with Crippen LogP contribution in [0, 0.1) is 5.92 Å². The molecule has 0 N–H and O–H groups in total. The molecule has 6 heteroatoms. The lowest BCUT2D eigenvalue weighted by Crippen LogP contribution is -2.04. The van der Waals surface area contributed by atoms with Crippen LogP contribution in [0.3, 0.4) is 0 Å². The van der Waals surface area contributed by atoms with E-state index in [-0.39, 0.29) is 19.1 Å². The maximum atomic E-state index is 13.3. The molecule has 5 nitrogen and oxygen atoms in total. The monoisotopic (exact) mass is 424 g/mol. The summed E-state index contributed by atoms with van der Waals surface area (Å²) in [5.41, 5.74) is 2.72. The Hall–Kier alpha value is -2.72. The predicted molar refractivity (Wildman–Crippen MR) is 116 cm³/mol. The molecule has 0 saturated carbocycles. The Morgan fingerprint density at radius 1 is 0.767 bits per heavy atom. The highest BCUT2D eigenvalue weighted by atomic mass is 31.2. The van der Waals surface area contributed by atoms with Gasteiger partial charge in [0.2, 0.25) is 0 Å².